The SMILES string of the molecule is C[C@H](NS(=O)(=O)c1ccccc1)C(=O)OCC(=O)N(C)CCC#N. The predicted octanol–water partition coefficient (Wildman–Crippen LogP) is 0.269. The molecule has 1 atom stereocenters. The minimum absolute atomic E-state index is 0.0250. The molecule has 0 saturated carbocycles. The molecule has 0 unspecified atom stereocenters. The molecule has 24 heavy (non-hydrogen) atoms. The highest BCUT2D eigenvalue weighted by Crippen LogP contribution is 2.08. The number of carbonyl (C=O) groups excluding carboxylic acids is 2. The average Bonchev–Trinajstić information content (AvgIpc) is 2.57. The maximum Gasteiger partial charge on any atom is 0.324 e. The van der Waals surface area contributed by atoms with E-state index >= 15 is 0 Å². The van der Waals surface area contributed by atoms with Crippen molar-refractivity contribution in [3.63, 3.8) is 0 Å². The van der Waals surface area contributed by atoms with E-state index < -0.39 is 34.5 Å². The van der Waals surface area contributed by atoms with Crippen molar-refractivity contribution in [3.8, 4) is 6.07 Å². The Morgan fingerprint density at radius 3 is 2.54 bits per heavy atom. The number of hydrogen-bond donors (Lipinski definition) is 1. The standard InChI is InChI=1S/C15H19N3O5S/c1-12(17-24(21,22)13-7-4-3-5-8-13)15(20)23-11-14(19)18(2)10-6-9-16/h3-5,7-8,12,17H,6,10-11H2,1-2H3/t12-/m0/s1. The lowest BCUT2D eigenvalue weighted by molar-refractivity contribution is -0.152. The highest BCUT2D eigenvalue weighted by atomic mass is 32.2. The zero-order valence-electron chi connectivity index (χ0n) is 13.4. The van der Waals surface area contributed by atoms with Gasteiger partial charge in [-0.05, 0) is 19.1 Å². The molecule has 0 aliphatic carbocycles. The maximum absolute atomic E-state index is 12.1. The van der Waals surface area contributed by atoms with Gasteiger partial charge in [0.25, 0.3) is 5.91 Å². The van der Waals surface area contributed by atoms with Crippen LogP contribution in [0.25, 0.3) is 0 Å². The Hall–Kier alpha value is -2.44. The number of nitrogens with one attached hydrogen (secondary N) is 1. The third-order valence-corrected chi connectivity index (χ3v) is 4.62. The van der Waals surface area contributed by atoms with Crippen LogP contribution in [0.1, 0.15) is 13.3 Å². The molecule has 0 aromatic heterocycles. The van der Waals surface area contributed by atoms with Gasteiger partial charge in [0.1, 0.15) is 6.04 Å². The second kappa shape index (κ2) is 9.00. The van der Waals surface area contributed by atoms with Crippen LogP contribution in [0.15, 0.2) is 35.2 Å². The smallest absolute Gasteiger partial charge is 0.324 e. The third kappa shape index (κ3) is 5.98. The van der Waals surface area contributed by atoms with E-state index in [1.807, 2.05) is 6.07 Å². The molecule has 9 heteroatoms. The Balaban J connectivity index is 2.54. The average molecular weight is 353 g/mol. The molecule has 1 N–H and O–H groups in total. The summed E-state index contributed by atoms with van der Waals surface area (Å²) >= 11 is 0. The molecule has 0 spiro atoms. The molecular weight excluding hydrogens is 334 g/mol. The number of nitriles is 1. The molecule has 0 heterocycles. The molecule has 0 aliphatic rings. The van der Waals surface area contributed by atoms with Gasteiger partial charge in [0.15, 0.2) is 6.61 Å². The van der Waals surface area contributed by atoms with Crippen molar-refractivity contribution >= 4 is 21.9 Å². The Morgan fingerprint density at radius 2 is 1.96 bits per heavy atom. The van der Waals surface area contributed by atoms with Crippen molar-refractivity contribution in [2.75, 3.05) is 20.2 Å². The van der Waals surface area contributed by atoms with E-state index in [0.717, 1.165) is 0 Å². The second-order valence-electron chi connectivity index (χ2n) is 4.99. The fourth-order valence-corrected chi connectivity index (χ4v) is 2.87. The van der Waals surface area contributed by atoms with E-state index in [0.29, 0.717) is 0 Å². The number of rotatable bonds is 8. The molecule has 0 bridgehead atoms. The van der Waals surface area contributed by atoms with Crippen LogP contribution in [0, 0.1) is 11.3 Å². The second-order valence-corrected chi connectivity index (χ2v) is 6.70. The predicted molar refractivity (Wildman–Crippen MR) is 85.1 cm³/mol. The van der Waals surface area contributed by atoms with Gasteiger partial charge in [-0.15, -0.1) is 0 Å². The van der Waals surface area contributed by atoms with Crippen LogP contribution in [0.2, 0.25) is 0 Å². The maximum atomic E-state index is 12.1. The quantitative estimate of drug-likeness (QED) is 0.671. The van der Waals surface area contributed by atoms with Crippen molar-refractivity contribution in [1.82, 2.24) is 9.62 Å². The van der Waals surface area contributed by atoms with Gasteiger partial charge in [-0.25, -0.2) is 8.42 Å². The molecule has 0 aliphatic heterocycles. The number of nitrogens with zero attached hydrogens (tertiary/aromatic N) is 2. The lowest BCUT2D eigenvalue weighted by atomic mass is 10.4. The molecule has 1 aromatic rings. The summed E-state index contributed by atoms with van der Waals surface area (Å²) in [5, 5.41) is 8.45. The van der Waals surface area contributed by atoms with Crippen LogP contribution in [0.3, 0.4) is 0 Å². The van der Waals surface area contributed by atoms with E-state index in [1.165, 1.54) is 31.0 Å². The van der Waals surface area contributed by atoms with Gasteiger partial charge in [0.2, 0.25) is 10.0 Å². The summed E-state index contributed by atoms with van der Waals surface area (Å²) in [7, 11) is -2.37. The first kappa shape index (κ1) is 19.6. The zero-order chi connectivity index (χ0) is 18.2. The summed E-state index contributed by atoms with van der Waals surface area (Å²) in [5.74, 6) is -1.34. The minimum atomic E-state index is -3.85. The van der Waals surface area contributed by atoms with Crippen LogP contribution in [-0.2, 0) is 24.3 Å². The van der Waals surface area contributed by atoms with E-state index in [-0.39, 0.29) is 17.9 Å². The van der Waals surface area contributed by atoms with Crippen molar-refractivity contribution in [2.45, 2.75) is 24.3 Å². The number of likely N-dealkylation sites (N-methyl/N-ethyl adjacent to an activating group) is 1. The Labute approximate surface area is 141 Å². The number of amides is 1. The third-order valence-electron chi connectivity index (χ3n) is 3.06. The van der Waals surface area contributed by atoms with Gasteiger partial charge < -0.3 is 9.64 Å². The first-order chi connectivity index (χ1) is 11.3. The first-order valence-corrected chi connectivity index (χ1v) is 8.61. The molecule has 1 rings (SSSR count). The topological polar surface area (TPSA) is 117 Å². The Bertz CT molecular complexity index is 712. The molecule has 130 valence electrons. The van der Waals surface area contributed by atoms with Crippen LogP contribution in [0.5, 0.6) is 0 Å². The van der Waals surface area contributed by atoms with Crippen LogP contribution < -0.4 is 4.72 Å². The van der Waals surface area contributed by atoms with Crippen molar-refractivity contribution in [1.29, 1.82) is 5.26 Å². The van der Waals surface area contributed by atoms with E-state index in [4.69, 9.17) is 10.00 Å². The first-order valence-electron chi connectivity index (χ1n) is 7.13. The number of hydrogen-bond acceptors (Lipinski definition) is 6. The molecule has 0 saturated heterocycles. The number of esters is 1. The molecular formula is C15H19N3O5S. The van der Waals surface area contributed by atoms with Gasteiger partial charge >= 0.3 is 5.97 Å². The van der Waals surface area contributed by atoms with Crippen LogP contribution >= 0.6 is 0 Å². The fraction of sp³-hybridized carbons (Fsp3) is 0.400. The molecule has 1 amide bonds. The van der Waals surface area contributed by atoms with Gasteiger partial charge in [-0.2, -0.15) is 9.98 Å². The fourth-order valence-electron chi connectivity index (χ4n) is 1.66. The van der Waals surface area contributed by atoms with Crippen LogP contribution in [-0.4, -0.2) is 51.4 Å². The summed E-state index contributed by atoms with van der Waals surface area (Å²) in [6, 6.07) is 8.34. The summed E-state index contributed by atoms with van der Waals surface area (Å²) < 4.78 is 31.2. The summed E-state index contributed by atoms with van der Waals surface area (Å²) in [5.41, 5.74) is 0. The van der Waals surface area contributed by atoms with Gasteiger partial charge in [-0.3, -0.25) is 9.59 Å². The summed E-state index contributed by atoms with van der Waals surface area (Å²) in [6.45, 7) is 1.04. The monoisotopic (exact) mass is 353 g/mol. The van der Waals surface area contributed by atoms with Gasteiger partial charge in [0.05, 0.1) is 17.4 Å². The van der Waals surface area contributed by atoms with Crippen molar-refractivity contribution in [3.05, 3.63) is 30.3 Å². The Morgan fingerprint density at radius 1 is 1.33 bits per heavy atom. The number of benzene rings is 1. The van der Waals surface area contributed by atoms with Crippen LogP contribution in [0.4, 0.5) is 0 Å². The highest BCUT2D eigenvalue weighted by Gasteiger charge is 2.23. The van der Waals surface area contributed by atoms with Crippen molar-refractivity contribution < 1.29 is 22.7 Å². The minimum Gasteiger partial charge on any atom is -0.454 e. The highest BCUT2D eigenvalue weighted by molar-refractivity contribution is 7.89. The largest absolute Gasteiger partial charge is 0.454 e. The molecule has 0 fully saturated rings. The van der Waals surface area contributed by atoms with E-state index in [2.05, 4.69) is 4.72 Å². The molecule has 0 radical (unpaired) electrons. The van der Waals surface area contributed by atoms with E-state index in [1.54, 1.807) is 18.2 Å². The number of sulfonamides is 1. The summed E-state index contributed by atoms with van der Waals surface area (Å²) in [4.78, 5) is 24.8. The van der Waals surface area contributed by atoms with Crippen molar-refractivity contribution in [2.24, 2.45) is 0 Å². The Kier molecular flexibility index (Phi) is 7.35. The summed E-state index contributed by atoms with van der Waals surface area (Å²) in [6.07, 6.45) is 0.170. The normalized spacial score (nSPS) is 12.0. The lowest BCUT2D eigenvalue weighted by Gasteiger charge is -2.17. The lowest BCUT2D eigenvalue weighted by Crippen LogP contribution is -2.41. The number of ether oxygens (including phenoxy) is 1. The molecule has 8 nitrogen and oxygen atoms in total. The van der Waals surface area contributed by atoms with Gasteiger partial charge in [0, 0.05) is 13.6 Å². The van der Waals surface area contributed by atoms with E-state index in [9.17, 15) is 18.0 Å². The van der Waals surface area contributed by atoms with Gasteiger partial charge in [-0.1, -0.05) is 18.2 Å². The molecule has 1 aromatic carbocycles. The number of carbonyl (C=O) groups is 2. The zero-order valence-corrected chi connectivity index (χ0v) is 14.2.